The van der Waals surface area contributed by atoms with Crippen molar-refractivity contribution >= 4 is 33.4 Å². The van der Waals surface area contributed by atoms with E-state index in [2.05, 4.69) is 15.0 Å². The monoisotopic (exact) mass is 321 g/mol. The molecule has 0 bridgehead atoms. The number of esters is 1. The number of fused-ring (bicyclic) bond motifs is 2. The Hall–Kier alpha value is -2.22. The van der Waals surface area contributed by atoms with E-state index in [-0.39, 0.29) is 12.1 Å². The molecule has 1 N–H and O–H groups in total. The van der Waals surface area contributed by atoms with Gasteiger partial charge in [-0.3, -0.25) is 19.0 Å². The van der Waals surface area contributed by atoms with Gasteiger partial charge in [-0.15, -0.1) is 11.3 Å². The molecule has 0 fully saturated rings. The molecule has 3 rings (SSSR count). The number of hydrogen-bond acceptors (Lipinski definition) is 6. The first-order valence-electron chi connectivity index (χ1n) is 6.90. The number of thiophene rings is 1. The number of carbonyl (C=O) groups is 2. The first-order chi connectivity index (χ1) is 10.5. The van der Waals surface area contributed by atoms with Crippen molar-refractivity contribution in [3.05, 3.63) is 26.6 Å². The molecule has 0 spiro atoms. The molecule has 8 heteroatoms. The predicted octanol–water partition coefficient (Wildman–Crippen LogP) is 0.615. The van der Waals surface area contributed by atoms with Crippen LogP contribution in [0.1, 0.15) is 27.5 Å². The van der Waals surface area contributed by atoms with Crippen LogP contribution in [0.5, 0.6) is 0 Å². The van der Waals surface area contributed by atoms with Crippen molar-refractivity contribution in [1.82, 2.24) is 14.9 Å². The molecule has 3 heterocycles. The van der Waals surface area contributed by atoms with Gasteiger partial charge in [-0.2, -0.15) is 0 Å². The zero-order valence-corrected chi connectivity index (χ0v) is 13.1. The van der Waals surface area contributed by atoms with Gasteiger partial charge < -0.3 is 10.1 Å². The quantitative estimate of drug-likeness (QED) is 0.837. The Morgan fingerprint density at radius 2 is 2.23 bits per heavy atom. The second-order valence-electron chi connectivity index (χ2n) is 5.08. The second-order valence-corrected chi connectivity index (χ2v) is 6.08. The number of amides is 1. The molecule has 0 unspecified atom stereocenters. The average molecular weight is 321 g/mol. The van der Waals surface area contributed by atoms with E-state index in [1.54, 1.807) is 11.5 Å². The summed E-state index contributed by atoms with van der Waals surface area (Å²) >= 11 is 1.18. The third kappa shape index (κ3) is 2.29. The number of nitrogens with one attached hydrogen (secondary N) is 1. The molecule has 0 atom stereocenters. The number of carbonyl (C=O) groups excluding carboxylic acids is 2. The van der Waals surface area contributed by atoms with E-state index in [4.69, 9.17) is 0 Å². The maximum Gasteiger partial charge on any atom is 0.325 e. The van der Waals surface area contributed by atoms with Gasteiger partial charge in [0, 0.05) is 13.0 Å². The first kappa shape index (κ1) is 14.7. The van der Waals surface area contributed by atoms with Gasteiger partial charge in [0.2, 0.25) is 0 Å². The number of rotatable bonds is 3. The molecule has 2 aromatic rings. The lowest BCUT2D eigenvalue weighted by molar-refractivity contribution is -0.139. The van der Waals surface area contributed by atoms with Crippen molar-refractivity contribution in [1.29, 1.82) is 0 Å². The van der Waals surface area contributed by atoms with E-state index in [0.29, 0.717) is 27.2 Å². The fourth-order valence-corrected chi connectivity index (χ4v) is 3.70. The van der Waals surface area contributed by atoms with E-state index in [1.165, 1.54) is 18.4 Å². The summed E-state index contributed by atoms with van der Waals surface area (Å²) in [6.45, 7) is 2.21. The Morgan fingerprint density at radius 1 is 1.45 bits per heavy atom. The number of aryl methyl sites for hydroxylation is 2. The Labute approximate surface area is 129 Å². The van der Waals surface area contributed by atoms with Crippen LogP contribution in [0.2, 0.25) is 0 Å². The van der Waals surface area contributed by atoms with Gasteiger partial charge in [0.15, 0.2) is 0 Å². The lowest BCUT2D eigenvalue weighted by Crippen LogP contribution is -2.30. The molecule has 0 saturated heterocycles. The topological polar surface area (TPSA) is 90.3 Å². The standard InChI is InChI=1S/C14H15N3O4S/c1-7-10-13(16-8-4-3-5-17(8)14(10)20)22-11(7)12(19)15-6-9(18)21-2/h3-6H2,1-2H3,(H,15,19). The molecule has 1 amide bonds. The molecule has 0 saturated carbocycles. The summed E-state index contributed by atoms with van der Waals surface area (Å²) in [5.41, 5.74) is 0.528. The molecule has 7 nitrogen and oxygen atoms in total. The van der Waals surface area contributed by atoms with Crippen LogP contribution in [-0.2, 0) is 22.5 Å². The van der Waals surface area contributed by atoms with Gasteiger partial charge in [-0.25, -0.2) is 4.98 Å². The minimum absolute atomic E-state index is 0.0849. The summed E-state index contributed by atoms with van der Waals surface area (Å²) < 4.78 is 6.16. The minimum Gasteiger partial charge on any atom is -0.468 e. The fourth-order valence-electron chi connectivity index (χ4n) is 2.60. The Balaban J connectivity index is 2.00. The van der Waals surface area contributed by atoms with E-state index >= 15 is 0 Å². The van der Waals surface area contributed by atoms with Crippen LogP contribution in [0.3, 0.4) is 0 Å². The van der Waals surface area contributed by atoms with Crippen molar-refractivity contribution in [2.24, 2.45) is 0 Å². The van der Waals surface area contributed by atoms with Crippen LogP contribution in [0.15, 0.2) is 4.79 Å². The van der Waals surface area contributed by atoms with E-state index in [1.807, 2.05) is 0 Å². The van der Waals surface area contributed by atoms with Crippen LogP contribution in [0.4, 0.5) is 0 Å². The zero-order chi connectivity index (χ0) is 15.9. The van der Waals surface area contributed by atoms with Gasteiger partial charge >= 0.3 is 5.97 Å². The molecule has 116 valence electrons. The summed E-state index contributed by atoms with van der Waals surface area (Å²) in [5.74, 6) is -0.139. The smallest absolute Gasteiger partial charge is 0.325 e. The molecule has 0 radical (unpaired) electrons. The van der Waals surface area contributed by atoms with Crippen LogP contribution in [-0.4, -0.2) is 35.1 Å². The molecule has 2 aromatic heterocycles. The second kappa shape index (κ2) is 5.53. The molecule has 22 heavy (non-hydrogen) atoms. The molecule has 0 aromatic carbocycles. The third-order valence-electron chi connectivity index (χ3n) is 3.74. The Morgan fingerprint density at radius 3 is 2.95 bits per heavy atom. The molecular weight excluding hydrogens is 306 g/mol. The van der Waals surface area contributed by atoms with Crippen molar-refractivity contribution in [3.8, 4) is 0 Å². The normalized spacial score (nSPS) is 13.2. The van der Waals surface area contributed by atoms with Crippen molar-refractivity contribution in [3.63, 3.8) is 0 Å². The maximum absolute atomic E-state index is 12.5. The summed E-state index contributed by atoms with van der Waals surface area (Å²) in [4.78, 5) is 41.3. The number of methoxy groups -OCH3 is 1. The fraction of sp³-hybridized carbons (Fsp3) is 0.429. The summed E-state index contributed by atoms with van der Waals surface area (Å²) in [7, 11) is 1.26. The van der Waals surface area contributed by atoms with Crippen molar-refractivity contribution in [2.75, 3.05) is 13.7 Å². The minimum atomic E-state index is -0.524. The zero-order valence-electron chi connectivity index (χ0n) is 12.3. The highest BCUT2D eigenvalue weighted by Gasteiger charge is 2.23. The SMILES string of the molecule is COC(=O)CNC(=O)c1sc2nc3n(c(=O)c2c1C)CCC3. The van der Waals surface area contributed by atoms with Crippen LogP contribution < -0.4 is 10.9 Å². The largest absolute Gasteiger partial charge is 0.468 e. The highest BCUT2D eigenvalue weighted by Crippen LogP contribution is 2.28. The molecule has 1 aliphatic rings. The van der Waals surface area contributed by atoms with Crippen molar-refractivity contribution in [2.45, 2.75) is 26.3 Å². The number of aromatic nitrogens is 2. The predicted molar refractivity (Wildman–Crippen MR) is 81.3 cm³/mol. The highest BCUT2D eigenvalue weighted by atomic mass is 32.1. The van der Waals surface area contributed by atoms with Crippen LogP contribution in [0.25, 0.3) is 10.2 Å². The number of nitrogens with zero attached hydrogens (tertiary/aromatic N) is 2. The van der Waals surface area contributed by atoms with Gasteiger partial charge in [-0.05, 0) is 18.9 Å². The summed E-state index contributed by atoms with van der Waals surface area (Å²) in [6.07, 6.45) is 1.71. The van der Waals surface area contributed by atoms with Gasteiger partial charge in [0.1, 0.15) is 17.2 Å². The summed E-state index contributed by atoms with van der Waals surface area (Å²) in [6, 6.07) is 0. The maximum atomic E-state index is 12.5. The molecule has 0 aliphatic carbocycles. The van der Waals surface area contributed by atoms with Gasteiger partial charge in [-0.1, -0.05) is 0 Å². The van der Waals surface area contributed by atoms with E-state index in [0.717, 1.165) is 18.7 Å². The van der Waals surface area contributed by atoms with Gasteiger partial charge in [0.25, 0.3) is 11.5 Å². The van der Waals surface area contributed by atoms with E-state index < -0.39 is 11.9 Å². The third-order valence-corrected chi connectivity index (χ3v) is 4.92. The molecular formula is C14H15N3O4S. The number of hydrogen-bond donors (Lipinski definition) is 1. The van der Waals surface area contributed by atoms with Crippen LogP contribution in [0, 0.1) is 6.92 Å². The lowest BCUT2D eigenvalue weighted by Gasteiger charge is -2.03. The van der Waals surface area contributed by atoms with Gasteiger partial charge in [0.05, 0.1) is 17.4 Å². The Kier molecular flexibility index (Phi) is 3.69. The van der Waals surface area contributed by atoms with E-state index in [9.17, 15) is 14.4 Å². The highest BCUT2D eigenvalue weighted by molar-refractivity contribution is 7.20. The number of ether oxygens (including phenoxy) is 1. The average Bonchev–Trinajstić information content (AvgIpc) is 3.10. The first-order valence-corrected chi connectivity index (χ1v) is 7.72. The van der Waals surface area contributed by atoms with Crippen LogP contribution >= 0.6 is 11.3 Å². The van der Waals surface area contributed by atoms with Crippen molar-refractivity contribution < 1.29 is 14.3 Å². The molecule has 1 aliphatic heterocycles. The summed E-state index contributed by atoms with van der Waals surface area (Å²) in [5, 5.41) is 2.99. The Bertz CT molecular complexity index is 837. The lowest BCUT2D eigenvalue weighted by atomic mass is 10.2.